The Morgan fingerprint density at radius 1 is 1.38 bits per heavy atom. The van der Waals surface area contributed by atoms with E-state index in [0.29, 0.717) is 0 Å². The summed E-state index contributed by atoms with van der Waals surface area (Å²) < 4.78 is 5.38. The molecule has 2 aromatic heterocycles. The first-order chi connectivity index (χ1) is 6.36. The average Bonchev–Trinajstić information content (AvgIpc) is 2.70. The monoisotopic (exact) mass is 172 g/mol. The number of H-pyrrole nitrogens is 1. The number of rotatable bonds is 0. The Kier molecular flexibility index (Phi) is 1.10. The number of furan rings is 1. The van der Waals surface area contributed by atoms with Gasteiger partial charge in [0.25, 0.3) is 0 Å². The summed E-state index contributed by atoms with van der Waals surface area (Å²) in [5.41, 5.74) is 3.11. The molecule has 1 aromatic carbocycles. The van der Waals surface area contributed by atoms with E-state index in [9.17, 15) is 0 Å². The summed E-state index contributed by atoms with van der Waals surface area (Å²) >= 11 is 0. The third kappa shape index (κ3) is 0.758. The number of hydrogen-bond acceptors (Lipinski definition) is 2. The van der Waals surface area contributed by atoms with Crippen LogP contribution >= 0.6 is 0 Å². The summed E-state index contributed by atoms with van der Waals surface area (Å²) in [4.78, 5) is 0. The van der Waals surface area contributed by atoms with E-state index in [2.05, 4.69) is 10.2 Å². The van der Waals surface area contributed by atoms with E-state index in [1.807, 2.05) is 25.3 Å². The van der Waals surface area contributed by atoms with Gasteiger partial charge < -0.3 is 4.42 Å². The van der Waals surface area contributed by atoms with E-state index in [-0.39, 0.29) is 0 Å². The van der Waals surface area contributed by atoms with Gasteiger partial charge in [-0.3, -0.25) is 5.10 Å². The highest BCUT2D eigenvalue weighted by molar-refractivity contribution is 6.04. The second-order valence-corrected chi connectivity index (χ2v) is 3.19. The number of aromatic amines is 1. The number of fused-ring (bicyclic) bond motifs is 3. The van der Waals surface area contributed by atoms with Crippen LogP contribution in [0.15, 0.2) is 29.0 Å². The molecule has 3 aromatic rings. The number of hydrogen-bond donors (Lipinski definition) is 1. The van der Waals surface area contributed by atoms with Crippen molar-refractivity contribution in [3.63, 3.8) is 0 Å². The van der Waals surface area contributed by atoms with E-state index < -0.39 is 0 Å². The summed E-state index contributed by atoms with van der Waals surface area (Å²) in [5, 5.41) is 9.24. The first-order valence-electron chi connectivity index (χ1n) is 4.16. The molecule has 0 atom stereocenters. The van der Waals surface area contributed by atoms with Gasteiger partial charge in [-0.25, -0.2) is 0 Å². The second-order valence-electron chi connectivity index (χ2n) is 3.19. The fraction of sp³-hybridized carbons (Fsp3) is 0.100. The minimum absolute atomic E-state index is 0.911. The number of aryl methyl sites for hydroxylation is 1. The standard InChI is InChI=1S/C10H8N2O/c1-6-5-13-8-3-2-7-4-11-12-10(7)9(6)8/h2-5H,1H3,(H,11,12). The van der Waals surface area contributed by atoms with Crippen LogP contribution in [0.25, 0.3) is 21.9 Å². The summed E-state index contributed by atoms with van der Waals surface area (Å²) in [7, 11) is 0. The van der Waals surface area contributed by atoms with Crippen LogP contribution in [0.1, 0.15) is 5.56 Å². The van der Waals surface area contributed by atoms with Crippen molar-refractivity contribution in [3.8, 4) is 0 Å². The van der Waals surface area contributed by atoms with Crippen LogP contribution in [-0.2, 0) is 0 Å². The lowest BCUT2D eigenvalue weighted by atomic mass is 10.1. The van der Waals surface area contributed by atoms with Gasteiger partial charge in [-0.2, -0.15) is 5.10 Å². The zero-order valence-electron chi connectivity index (χ0n) is 7.16. The Bertz CT molecular complexity index is 577. The molecule has 0 fully saturated rings. The normalized spacial score (nSPS) is 11.5. The smallest absolute Gasteiger partial charge is 0.136 e. The molecule has 3 heteroatoms. The highest BCUT2D eigenvalue weighted by atomic mass is 16.3. The van der Waals surface area contributed by atoms with Crippen molar-refractivity contribution >= 4 is 21.9 Å². The lowest BCUT2D eigenvalue weighted by Crippen LogP contribution is -1.72. The lowest BCUT2D eigenvalue weighted by Gasteiger charge is -1.91. The summed E-state index contributed by atoms with van der Waals surface area (Å²) in [5.74, 6) is 0. The third-order valence-corrected chi connectivity index (χ3v) is 2.34. The predicted molar refractivity (Wildman–Crippen MR) is 50.6 cm³/mol. The van der Waals surface area contributed by atoms with Gasteiger partial charge in [0.1, 0.15) is 5.58 Å². The Morgan fingerprint density at radius 3 is 3.23 bits per heavy atom. The highest BCUT2D eigenvalue weighted by Gasteiger charge is 2.07. The fourth-order valence-electron chi connectivity index (χ4n) is 1.69. The van der Waals surface area contributed by atoms with Crippen molar-refractivity contribution in [1.29, 1.82) is 0 Å². The second kappa shape index (κ2) is 2.13. The van der Waals surface area contributed by atoms with Crippen molar-refractivity contribution in [2.45, 2.75) is 6.92 Å². The molecule has 0 saturated heterocycles. The van der Waals surface area contributed by atoms with Crippen molar-refractivity contribution < 1.29 is 4.42 Å². The first kappa shape index (κ1) is 6.71. The minimum Gasteiger partial charge on any atom is -0.464 e. The first-order valence-corrected chi connectivity index (χ1v) is 4.16. The summed E-state index contributed by atoms with van der Waals surface area (Å²) in [6.07, 6.45) is 3.59. The predicted octanol–water partition coefficient (Wildman–Crippen LogP) is 2.62. The lowest BCUT2D eigenvalue weighted by molar-refractivity contribution is 0.613. The van der Waals surface area contributed by atoms with E-state index in [0.717, 1.165) is 27.4 Å². The summed E-state index contributed by atoms with van der Waals surface area (Å²) in [6.45, 7) is 2.03. The maximum Gasteiger partial charge on any atom is 0.136 e. The Hall–Kier alpha value is -1.77. The maximum absolute atomic E-state index is 5.38. The number of nitrogens with zero attached hydrogens (tertiary/aromatic N) is 1. The molecular formula is C10H8N2O. The molecule has 0 aliphatic rings. The van der Waals surface area contributed by atoms with E-state index in [1.165, 1.54) is 0 Å². The van der Waals surface area contributed by atoms with Crippen LogP contribution < -0.4 is 0 Å². The van der Waals surface area contributed by atoms with Crippen LogP contribution in [0, 0.1) is 6.92 Å². The molecule has 2 heterocycles. The van der Waals surface area contributed by atoms with E-state index in [4.69, 9.17) is 4.42 Å². The topological polar surface area (TPSA) is 41.8 Å². The molecule has 0 aliphatic carbocycles. The van der Waals surface area contributed by atoms with Crippen molar-refractivity contribution in [2.75, 3.05) is 0 Å². The van der Waals surface area contributed by atoms with Crippen molar-refractivity contribution in [1.82, 2.24) is 10.2 Å². The molecule has 0 unspecified atom stereocenters. The molecule has 13 heavy (non-hydrogen) atoms. The van der Waals surface area contributed by atoms with Crippen molar-refractivity contribution in [3.05, 3.63) is 30.2 Å². The maximum atomic E-state index is 5.38. The number of benzene rings is 1. The van der Waals surface area contributed by atoms with Gasteiger partial charge in [0.15, 0.2) is 0 Å². The molecule has 0 saturated carbocycles. The quantitative estimate of drug-likeness (QED) is 0.566. The van der Waals surface area contributed by atoms with Gasteiger partial charge in [0.05, 0.1) is 18.0 Å². The summed E-state index contributed by atoms with van der Waals surface area (Å²) in [6, 6.07) is 3.98. The Balaban J connectivity index is 2.70. The Labute approximate surface area is 74.4 Å². The molecular weight excluding hydrogens is 164 g/mol. The SMILES string of the molecule is Cc1coc2ccc3cn[nH]c3c12. The molecule has 1 N–H and O–H groups in total. The van der Waals surface area contributed by atoms with Gasteiger partial charge >= 0.3 is 0 Å². The van der Waals surface area contributed by atoms with Crippen LogP contribution in [0.3, 0.4) is 0 Å². The van der Waals surface area contributed by atoms with E-state index in [1.54, 1.807) is 6.26 Å². The van der Waals surface area contributed by atoms with Crippen LogP contribution in [-0.4, -0.2) is 10.2 Å². The van der Waals surface area contributed by atoms with Gasteiger partial charge in [-0.1, -0.05) is 0 Å². The van der Waals surface area contributed by atoms with Crippen molar-refractivity contribution in [2.24, 2.45) is 0 Å². The third-order valence-electron chi connectivity index (χ3n) is 2.34. The molecule has 3 rings (SSSR count). The largest absolute Gasteiger partial charge is 0.464 e. The van der Waals surface area contributed by atoms with Gasteiger partial charge in [0.2, 0.25) is 0 Å². The highest BCUT2D eigenvalue weighted by Crippen LogP contribution is 2.27. The van der Waals surface area contributed by atoms with Gasteiger partial charge in [-0.05, 0) is 24.6 Å². The van der Waals surface area contributed by atoms with Crippen LogP contribution in [0.5, 0.6) is 0 Å². The van der Waals surface area contributed by atoms with Gasteiger partial charge in [0, 0.05) is 10.8 Å². The zero-order chi connectivity index (χ0) is 8.84. The molecule has 64 valence electrons. The average molecular weight is 172 g/mol. The molecule has 0 aliphatic heterocycles. The minimum atomic E-state index is 0.911. The van der Waals surface area contributed by atoms with Crippen LogP contribution in [0.4, 0.5) is 0 Å². The number of aromatic nitrogens is 2. The zero-order valence-corrected chi connectivity index (χ0v) is 7.16. The Morgan fingerprint density at radius 2 is 2.31 bits per heavy atom. The molecule has 0 spiro atoms. The molecule has 0 radical (unpaired) electrons. The van der Waals surface area contributed by atoms with Gasteiger partial charge in [-0.15, -0.1) is 0 Å². The molecule has 0 amide bonds. The number of nitrogens with one attached hydrogen (secondary N) is 1. The fourth-order valence-corrected chi connectivity index (χ4v) is 1.69. The molecule has 0 bridgehead atoms. The van der Waals surface area contributed by atoms with Crippen LogP contribution in [0.2, 0.25) is 0 Å². The molecule has 3 nitrogen and oxygen atoms in total. The van der Waals surface area contributed by atoms with E-state index >= 15 is 0 Å².